The molecule has 3 aliphatic rings. The Morgan fingerprint density at radius 1 is 0.841 bits per heavy atom. The normalized spacial score (nSPS) is 26.0. The van der Waals surface area contributed by atoms with Gasteiger partial charge in [0.15, 0.2) is 5.78 Å². The first-order chi connectivity index (χ1) is 20.7. The van der Waals surface area contributed by atoms with Crippen LogP contribution < -0.4 is 26.6 Å². The SMILES string of the molecule is CC(C)C[C@H](NC(=O)CCCCCC1SC[C@@H]2NC(=O)N[C@H]12)C(=O)N[C@@H](CC(C)C)C(=O)N[C@@H](CC(C)C)C(=O)[C@@]1(C)CO1. The first kappa shape index (κ1) is 36.1. The minimum Gasteiger partial charge on any atom is -0.361 e. The van der Waals surface area contributed by atoms with Crippen molar-refractivity contribution in [3.8, 4) is 0 Å². The molecule has 0 aromatic carbocycles. The fourth-order valence-electron chi connectivity index (χ4n) is 5.99. The number of amides is 5. The van der Waals surface area contributed by atoms with E-state index in [1.54, 1.807) is 6.92 Å². The van der Waals surface area contributed by atoms with Gasteiger partial charge in [0.2, 0.25) is 17.7 Å². The number of carbonyl (C=O) groups excluding carboxylic acids is 5. The van der Waals surface area contributed by atoms with E-state index in [-0.39, 0.29) is 47.6 Å². The number of nitrogens with one attached hydrogen (secondary N) is 5. The molecule has 0 aromatic rings. The van der Waals surface area contributed by atoms with Crippen molar-refractivity contribution < 1.29 is 28.7 Å². The van der Waals surface area contributed by atoms with Crippen LogP contribution in [0, 0.1) is 17.8 Å². The monoisotopic (exact) mass is 637 g/mol. The van der Waals surface area contributed by atoms with Crippen LogP contribution in [-0.2, 0) is 23.9 Å². The second-order valence-electron chi connectivity index (χ2n) is 14.2. The Hall–Kier alpha value is -2.34. The van der Waals surface area contributed by atoms with Crippen LogP contribution in [0.5, 0.6) is 0 Å². The maximum absolute atomic E-state index is 13.5. The number of fused-ring (bicyclic) bond motifs is 1. The average Bonchev–Trinajstić information content (AvgIpc) is 3.41. The van der Waals surface area contributed by atoms with Gasteiger partial charge in [0, 0.05) is 17.4 Å². The van der Waals surface area contributed by atoms with Gasteiger partial charge in [-0.2, -0.15) is 11.8 Å². The molecule has 0 aliphatic carbocycles. The molecular weight excluding hydrogens is 582 g/mol. The molecule has 5 N–H and O–H groups in total. The molecule has 7 atom stereocenters. The summed E-state index contributed by atoms with van der Waals surface area (Å²) in [5.41, 5.74) is -0.861. The van der Waals surface area contributed by atoms with Gasteiger partial charge in [-0.25, -0.2) is 4.79 Å². The zero-order valence-electron chi connectivity index (χ0n) is 27.6. The van der Waals surface area contributed by atoms with E-state index in [2.05, 4.69) is 26.6 Å². The molecular formula is C32H55N5O6S. The molecule has 0 radical (unpaired) electrons. The van der Waals surface area contributed by atoms with Crippen molar-refractivity contribution in [2.24, 2.45) is 17.8 Å². The summed E-state index contributed by atoms with van der Waals surface area (Å²) >= 11 is 1.89. The minimum atomic E-state index is -0.861. The summed E-state index contributed by atoms with van der Waals surface area (Å²) in [5, 5.41) is 15.1. The number of ether oxygens (including phenoxy) is 1. The maximum atomic E-state index is 13.5. The number of carbonyl (C=O) groups is 5. The van der Waals surface area contributed by atoms with Gasteiger partial charge in [0.25, 0.3) is 0 Å². The number of hydrogen-bond acceptors (Lipinski definition) is 7. The quantitative estimate of drug-likeness (QED) is 0.0828. The van der Waals surface area contributed by atoms with Crippen molar-refractivity contribution in [2.75, 3.05) is 12.4 Å². The molecule has 0 spiro atoms. The molecule has 3 heterocycles. The zero-order valence-corrected chi connectivity index (χ0v) is 28.4. The third kappa shape index (κ3) is 10.9. The number of Topliss-reactive ketones (excluding diaryl/α,β-unsaturated/α-hetero) is 1. The first-order valence-corrected chi connectivity index (χ1v) is 17.5. The Morgan fingerprint density at radius 2 is 1.39 bits per heavy atom. The number of rotatable bonds is 19. The minimum absolute atomic E-state index is 0.0818. The molecule has 5 amide bonds. The summed E-state index contributed by atoms with van der Waals surface area (Å²) in [5.74, 6) is 0.251. The van der Waals surface area contributed by atoms with E-state index in [0.717, 1.165) is 25.0 Å². The van der Waals surface area contributed by atoms with Gasteiger partial charge in [-0.05, 0) is 56.8 Å². The summed E-state index contributed by atoms with van der Waals surface area (Å²) < 4.78 is 5.35. The van der Waals surface area contributed by atoms with Crippen molar-refractivity contribution in [1.82, 2.24) is 26.6 Å². The third-order valence-electron chi connectivity index (χ3n) is 8.47. The fourth-order valence-corrected chi connectivity index (χ4v) is 7.53. The number of urea groups is 1. The summed E-state index contributed by atoms with van der Waals surface area (Å²) in [6.07, 6.45) is 5.20. The summed E-state index contributed by atoms with van der Waals surface area (Å²) in [6, 6.07) is -1.98. The van der Waals surface area contributed by atoms with Crippen LogP contribution in [0.4, 0.5) is 4.79 Å². The van der Waals surface area contributed by atoms with E-state index < -0.39 is 35.5 Å². The van der Waals surface area contributed by atoms with Crippen molar-refractivity contribution >= 4 is 41.3 Å². The number of ketones is 1. The average molecular weight is 638 g/mol. The van der Waals surface area contributed by atoms with E-state index in [1.807, 2.05) is 53.3 Å². The van der Waals surface area contributed by atoms with Gasteiger partial charge in [-0.1, -0.05) is 54.4 Å². The lowest BCUT2D eigenvalue weighted by Crippen LogP contribution is -2.57. The zero-order chi connectivity index (χ0) is 32.6. The van der Waals surface area contributed by atoms with Crippen LogP contribution in [-0.4, -0.2) is 83.0 Å². The van der Waals surface area contributed by atoms with Crippen LogP contribution in [0.15, 0.2) is 0 Å². The second-order valence-corrected chi connectivity index (χ2v) is 15.5. The largest absolute Gasteiger partial charge is 0.361 e. The Bertz CT molecular complexity index is 1030. The standard InChI is InChI=1S/C32H55N5O6S/c1-18(2)13-21(28(39)32(7)17-43-32)34-30(41)23(15-20(5)6)35-29(40)22(14-19(3)4)33-26(38)12-10-8-9-11-25-27-24(16-44-25)36-31(42)37-27/h18-25,27H,8-17H2,1-7H3,(H,33,38)(H,34,41)(H,35,40)(H2,36,37,42)/t21-,22-,23-,24-,25?,27-,32+/m0/s1. The Balaban J connectivity index is 1.51. The van der Waals surface area contributed by atoms with Gasteiger partial charge in [-0.15, -0.1) is 0 Å². The lowest BCUT2D eigenvalue weighted by atomic mass is 9.92. The number of epoxide rings is 1. The van der Waals surface area contributed by atoms with Crippen molar-refractivity contribution in [3.63, 3.8) is 0 Å². The lowest BCUT2D eigenvalue weighted by molar-refractivity contribution is -0.134. The molecule has 11 nitrogen and oxygen atoms in total. The van der Waals surface area contributed by atoms with Gasteiger partial charge in [-0.3, -0.25) is 19.2 Å². The van der Waals surface area contributed by atoms with E-state index >= 15 is 0 Å². The van der Waals surface area contributed by atoms with Crippen molar-refractivity contribution in [2.45, 2.75) is 141 Å². The van der Waals surface area contributed by atoms with Crippen LogP contribution in [0.1, 0.15) is 99.8 Å². The molecule has 0 bridgehead atoms. The van der Waals surface area contributed by atoms with Gasteiger partial charge >= 0.3 is 6.03 Å². The molecule has 3 aliphatic heterocycles. The van der Waals surface area contributed by atoms with Gasteiger partial charge < -0.3 is 31.3 Å². The highest BCUT2D eigenvalue weighted by atomic mass is 32.2. The maximum Gasteiger partial charge on any atom is 0.315 e. The predicted octanol–water partition coefficient (Wildman–Crippen LogP) is 3.05. The molecule has 44 heavy (non-hydrogen) atoms. The molecule has 0 saturated carbocycles. The summed E-state index contributed by atoms with van der Waals surface area (Å²) in [4.78, 5) is 64.5. The third-order valence-corrected chi connectivity index (χ3v) is 9.98. The lowest BCUT2D eigenvalue weighted by Gasteiger charge is -2.27. The molecule has 3 fully saturated rings. The fraction of sp³-hybridized carbons (Fsp3) is 0.844. The predicted molar refractivity (Wildman–Crippen MR) is 172 cm³/mol. The highest BCUT2D eigenvalue weighted by molar-refractivity contribution is 8.00. The van der Waals surface area contributed by atoms with Crippen LogP contribution >= 0.6 is 11.8 Å². The summed E-state index contributed by atoms with van der Waals surface area (Å²) in [6.45, 7) is 14.0. The topological polar surface area (TPSA) is 158 Å². The molecule has 250 valence electrons. The van der Waals surface area contributed by atoms with Crippen LogP contribution in [0.25, 0.3) is 0 Å². The van der Waals surface area contributed by atoms with E-state index in [0.29, 0.717) is 44.0 Å². The Kier molecular flexibility index (Phi) is 13.4. The number of hydrogen-bond donors (Lipinski definition) is 5. The van der Waals surface area contributed by atoms with E-state index in [9.17, 15) is 24.0 Å². The van der Waals surface area contributed by atoms with Gasteiger partial charge in [0.05, 0.1) is 24.7 Å². The highest BCUT2D eigenvalue weighted by Crippen LogP contribution is 2.33. The van der Waals surface area contributed by atoms with Crippen LogP contribution in [0.2, 0.25) is 0 Å². The molecule has 0 aromatic heterocycles. The smallest absolute Gasteiger partial charge is 0.315 e. The van der Waals surface area contributed by atoms with Crippen LogP contribution in [0.3, 0.4) is 0 Å². The Labute approximate surface area is 267 Å². The number of unbranched alkanes of at least 4 members (excludes halogenated alkanes) is 2. The molecule has 3 rings (SSSR count). The Morgan fingerprint density at radius 3 is 1.95 bits per heavy atom. The highest BCUT2D eigenvalue weighted by Gasteiger charge is 2.50. The van der Waals surface area contributed by atoms with Crippen molar-refractivity contribution in [3.05, 3.63) is 0 Å². The van der Waals surface area contributed by atoms with Crippen molar-refractivity contribution in [1.29, 1.82) is 0 Å². The molecule has 3 saturated heterocycles. The van der Waals surface area contributed by atoms with Gasteiger partial charge in [0.1, 0.15) is 17.7 Å². The second kappa shape index (κ2) is 16.3. The molecule has 1 unspecified atom stereocenters. The van der Waals surface area contributed by atoms with E-state index in [1.165, 1.54) is 0 Å². The summed E-state index contributed by atoms with van der Waals surface area (Å²) in [7, 11) is 0. The molecule has 12 heteroatoms. The van der Waals surface area contributed by atoms with E-state index in [4.69, 9.17) is 4.74 Å². The number of thioether (sulfide) groups is 1. The first-order valence-electron chi connectivity index (χ1n) is 16.5.